The maximum atomic E-state index is 6.20. The van der Waals surface area contributed by atoms with Crippen LogP contribution in [0.1, 0.15) is 24.8 Å². The summed E-state index contributed by atoms with van der Waals surface area (Å²) in [5.74, 6) is 0.923. The summed E-state index contributed by atoms with van der Waals surface area (Å²) in [7, 11) is 1.68. The van der Waals surface area contributed by atoms with E-state index in [1.165, 1.54) is 11.1 Å². The van der Waals surface area contributed by atoms with Gasteiger partial charge < -0.3 is 9.47 Å². The lowest BCUT2D eigenvalue weighted by Gasteiger charge is -2.19. The monoisotopic (exact) mass is 266 g/mol. The molecule has 0 saturated heterocycles. The van der Waals surface area contributed by atoms with Gasteiger partial charge in [0.1, 0.15) is 12.4 Å². The predicted octanol–water partition coefficient (Wildman–Crippen LogP) is 3.89. The van der Waals surface area contributed by atoms with Gasteiger partial charge in [-0.1, -0.05) is 24.3 Å². The highest BCUT2D eigenvalue weighted by atomic mass is 35.5. The van der Waals surface area contributed by atoms with Gasteiger partial charge in [-0.25, -0.2) is 0 Å². The number of hydrogen-bond acceptors (Lipinski definition) is 2. The Hall–Kier alpha value is -0.990. The second kappa shape index (κ2) is 6.81. The van der Waals surface area contributed by atoms with E-state index in [1.807, 2.05) is 18.2 Å². The van der Waals surface area contributed by atoms with Crippen molar-refractivity contribution in [1.82, 2.24) is 0 Å². The zero-order valence-corrected chi connectivity index (χ0v) is 11.5. The molecule has 98 valence electrons. The summed E-state index contributed by atoms with van der Waals surface area (Å²) >= 11 is 6.20. The number of halogens is 1. The fourth-order valence-electron chi connectivity index (χ4n) is 2.19. The fraction of sp³-hybridized carbons (Fsp3) is 0.467. The average molecular weight is 267 g/mol. The molecule has 0 amide bonds. The van der Waals surface area contributed by atoms with Gasteiger partial charge in [0, 0.05) is 12.7 Å². The zero-order valence-electron chi connectivity index (χ0n) is 10.7. The lowest BCUT2D eigenvalue weighted by molar-refractivity contribution is 0.146. The molecule has 1 aromatic rings. The number of allylic oxidation sites excluding steroid dienone is 2. The molecule has 0 aromatic heterocycles. The number of para-hydroxylation sites is 1. The Labute approximate surface area is 114 Å². The van der Waals surface area contributed by atoms with Crippen LogP contribution in [0.25, 0.3) is 5.57 Å². The molecule has 1 atom stereocenters. The molecule has 0 heterocycles. The number of benzene rings is 1. The lowest BCUT2D eigenvalue weighted by atomic mass is 9.93. The molecule has 2 nitrogen and oxygen atoms in total. The Kier molecular flexibility index (Phi) is 5.09. The summed E-state index contributed by atoms with van der Waals surface area (Å²) in [6, 6.07) is 8.14. The molecule has 1 aliphatic rings. The third kappa shape index (κ3) is 3.50. The summed E-state index contributed by atoms with van der Waals surface area (Å²) in [6.07, 6.45) is 5.45. The minimum absolute atomic E-state index is 0.154. The van der Waals surface area contributed by atoms with Crippen molar-refractivity contribution in [2.24, 2.45) is 0 Å². The van der Waals surface area contributed by atoms with Gasteiger partial charge in [-0.2, -0.15) is 0 Å². The molecule has 1 unspecified atom stereocenters. The van der Waals surface area contributed by atoms with Crippen LogP contribution >= 0.6 is 11.6 Å². The molecule has 0 bridgehead atoms. The molecular formula is C15H19ClO2. The van der Waals surface area contributed by atoms with E-state index in [9.17, 15) is 0 Å². The highest BCUT2D eigenvalue weighted by molar-refractivity contribution is 6.22. The first kappa shape index (κ1) is 13.4. The smallest absolute Gasteiger partial charge is 0.126 e. The zero-order chi connectivity index (χ0) is 12.8. The minimum atomic E-state index is 0.154. The van der Waals surface area contributed by atoms with Crippen LogP contribution < -0.4 is 4.74 Å². The molecule has 1 aliphatic carbocycles. The van der Waals surface area contributed by atoms with E-state index in [4.69, 9.17) is 21.1 Å². The van der Waals surface area contributed by atoms with Crippen LogP contribution in [0, 0.1) is 0 Å². The maximum Gasteiger partial charge on any atom is 0.126 e. The minimum Gasteiger partial charge on any atom is -0.491 e. The van der Waals surface area contributed by atoms with Crippen molar-refractivity contribution in [2.45, 2.75) is 24.6 Å². The number of rotatable bonds is 5. The molecule has 0 aliphatic heterocycles. The fourth-order valence-corrected chi connectivity index (χ4v) is 2.50. The van der Waals surface area contributed by atoms with Crippen LogP contribution in [-0.4, -0.2) is 25.7 Å². The summed E-state index contributed by atoms with van der Waals surface area (Å²) < 4.78 is 10.8. The molecule has 0 saturated carbocycles. The van der Waals surface area contributed by atoms with Crippen molar-refractivity contribution in [2.75, 3.05) is 20.3 Å². The summed E-state index contributed by atoms with van der Waals surface area (Å²) in [5, 5.41) is 0.154. The SMILES string of the molecule is COCCOc1ccccc1C1=CC(Cl)CCC1. The first-order chi connectivity index (χ1) is 8.81. The van der Waals surface area contributed by atoms with Gasteiger partial charge in [0.15, 0.2) is 0 Å². The highest BCUT2D eigenvalue weighted by Crippen LogP contribution is 2.34. The van der Waals surface area contributed by atoms with Crippen LogP contribution in [0.4, 0.5) is 0 Å². The van der Waals surface area contributed by atoms with E-state index >= 15 is 0 Å². The van der Waals surface area contributed by atoms with Crippen molar-refractivity contribution < 1.29 is 9.47 Å². The second-order valence-electron chi connectivity index (χ2n) is 4.44. The van der Waals surface area contributed by atoms with E-state index < -0.39 is 0 Å². The average Bonchev–Trinajstić information content (AvgIpc) is 2.40. The third-order valence-electron chi connectivity index (χ3n) is 3.09. The van der Waals surface area contributed by atoms with E-state index in [0.29, 0.717) is 13.2 Å². The highest BCUT2D eigenvalue weighted by Gasteiger charge is 2.15. The molecule has 0 fully saturated rings. The number of ether oxygens (including phenoxy) is 2. The first-order valence-electron chi connectivity index (χ1n) is 6.37. The van der Waals surface area contributed by atoms with Crippen molar-refractivity contribution in [1.29, 1.82) is 0 Å². The number of methoxy groups -OCH3 is 1. The molecule has 18 heavy (non-hydrogen) atoms. The van der Waals surface area contributed by atoms with Crippen molar-refractivity contribution in [3.63, 3.8) is 0 Å². The number of hydrogen-bond donors (Lipinski definition) is 0. The summed E-state index contributed by atoms with van der Waals surface area (Å²) in [5.41, 5.74) is 2.47. The van der Waals surface area contributed by atoms with Gasteiger partial charge in [0.05, 0.1) is 12.0 Å². The van der Waals surface area contributed by atoms with Crippen LogP contribution in [0.5, 0.6) is 5.75 Å². The molecule has 1 aromatic carbocycles. The van der Waals surface area contributed by atoms with Crippen LogP contribution in [0.3, 0.4) is 0 Å². The van der Waals surface area contributed by atoms with Gasteiger partial charge in [-0.15, -0.1) is 11.6 Å². The van der Waals surface area contributed by atoms with Gasteiger partial charge in [-0.05, 0) is 30.9 Å². The van der Waals surface area contributed by atoms with Crippen molar-refractivity contribution >= 4 is 17.2 Å². The molecular weight excluding hydrogens is 248 g/mol. The summed E-state index contributed by atoms with van der Waals surface area (Å²) in [6.45, 7) is 1.18. The van der Waals surface area contributed by atoms with Gasteiger partial charge in [0.2, 0.25) is 0 Å². The van der Waals surface area contributed by atoms with Crippen LogP contribution in [0.15, 0.2) is 30.3 Å². The predicted molar refractivity (Wildman–Crippen MR) is 75.3 cm³/mol. The molecule has 0 radical (unpaired) electrons. The van der Waals surface area contributed by atoms with Gasteiger partial charge >= 0.3 is 0 Å². The second-order valence-corrected chi connectivity index (χ2v) is 5.00. The Morgan fingerprint density at radius 1 is 1.28 bits per heavy atom. The normalized spacial score (nSPS) is 19.4. The van der Waals surface area contributed by atoms with Crippen LogP contribution in [-0.2, 0) is 4.74 Å². The quantitative estimate of drug-likeness (QED) is 0.595. The van der Waals surface area contributed by atoms with E-state index in [2.05, 4.69) is 12.1 Å². The Morgan fingerprint density at radius 3 is 2.89 bits per heavy atom. The maximum absolute atomic E-state index is 6.20. The standard InChI is InChI=1S/C15H19ClO2/c1-17-9-10-18-15-8-3-2-7-14(15)12-5-4-6-13(16)11-12/h2-3,7-8,11,13H,4-6,9-10H2,1H3. The molecule has 3 heteroatoms. The topological polar surface area (TPSA) is 18.5 Å². The molecule has 0 spiro atoms. The third-order valence-corrected chi connectivity index (χ3v) is 3.43. The van der Waals surface area contributed by atoms with E-state index in [1.54, 1.807) is 7.11 Å². The van der Waals surface area contributed by atoms with Crippen molar-refractivity contribution in [3.05, 3.63) is 35.9 Å². The van der Waals surface area contributed by atoms with E-state index in [0.717, 1.165) is 25.0 Å². The Balaban J connectivity index is 2.16. The summed E-state index contributed by atoms with van der Waals surface area (Å²) in [4.78, 5) is 0. The largest absolute Gasteiger partial charge is 0.491 e. The number of alkyl halides is 1. The molecule has 0 N–H and O–H groups in total. The van der Waals surface area contributed by atoms with Crippen LogP contribution in [0.2, 0.25) is 0 Å². The first-order valence-corrected chi connectivity index (χ1v) is 6.81. The Bertz CT molecular complexity index is 415. The van der Waals surface area contributed by atoms with E-state index in [-0.39, 0.29) is 5.38 Å². The molecule has 2 rings (SSSR count). The lowest BCUT2D eigenvalue weighted by Crippen LogP contribution is -2.07. The van der Waals surface area contributed by atoms with Gasteiger partial charge in [0.25, 0.3) is 0 Å². The van der Waals surface area contributed by atoms with Gasteiger partial charge in [-0.3, -0.25) is 0 Å². The Morgan fingerprint density at radius 2 is 2.11 bits per heavy atom. The van der Waals surface area contributed by atoms with Crippen molar-refractivity contribution in [3.8, 4) is 5.75 Å².